The second kappa shape index (κ2) is 6.19. The van der Waals surface area contributed by atoms with E-state index in [1.54, 1.807) is 4.72 Å². The van der Waals surface area contributed by atoms with Crippen molar-refractivity contribution in [2.45, 2.75) is 25.3 Å². The molecule has 1 atom stereocenters. The number of nitrogens with one attached hydrogen (secondary N) is 2. The van der Waals surface area contributed by atoms with Gasteiger partial charge < -0.3 is 15.5 Å². The molecule has 0 aromatic heterocycles. The number of aromatic hydroxyl groups is 1. The Morgan fingerprint density at radius 3 is 2.83 bits per heavy atom. The molecule has 1 aromatic rings. The average molecular weight is 359 g/mol. The lowest BCUT2D eigenvalue weighted by atomic mass is 9.87. The van der Waals surface area contributed by atoms with Crippen molar-refractivity contribution in [3.8, 4) is 5.75 Å². The van der Waals surface area contributed by atoms with Crippen LogP contribution in [0.3, 0.4) is 0 Å². The summed E-state index contributed by atoms with van der Waals surface area (Å²) in [6.45, 7) is -0.226. The van der Waals surface area contributed by atoms with Crippen LogP contribution in [-0.4, -0.2) is 50.3 Å². The number of rotatable bonds is 4. The molecule has 1 amide bonds. The van der Waals surface area contributed by atoms with Crippen molar-refractivity contribution in [1.29, 1.82) is 0 Å². The number of hydrogen-bond acceptors (Lipinski definition) is 6. The van der Waals surface area contributed by atoms with Gasteiger partial charge in [0.2, 0.25) is 0 Å². The van der Waals surface area contributed by atoms with Crippen LogP contribution in [0.1, 0.15) is 17.5 Å². The van der Waals surface area contributed by atoms with E-state index in [1.165, 1.54) is 6.07 Å². The maximum Gasteiger partial charge on any atom is 0.326 e. The number of carbonyl (C=O) groups excluding carboxylic acids is 1. The van der Waals surface area contributed by atoms with Gasteiger partial charge in [0.05, 0.1) is 6.61 Å². The fourth-order valence-electron chi connectivity index (χ4n) is 3.16. The topological polar surface area (TPSA) is 119 Å². The van der Waals surface area contributed by atoms with Crippen molar-refractivity contribution >= 4 is 21.8 Å². The second-order valence-electron chi connectivity index (χ2n) is 5.85. The molecule has 10 heteroatoms. The third-order valence-electron chi connectivity index (χ3n) is 4.24. The molecule has 1 fully saturated rings. The van der Waals surface area contributed by atoms with Gasteiger partial charge in [-0.2, -0.15) is 8.42 Å². The zero-order valence-electron chi connectivity index (χ0n) is 12.7. The maximum atomic E-state index is 15.0. The zero-order valence-corrected chi connectivity index (χ0v) is 13.6. The first kappa shape index (κ1) is 16.9. The van der Waals surface area contributed by atoms with E-state index >= 15 is 0 Å². The van der Waals surface area contributed by atoms with Crippen LogP contribution in [0.25, 0.3) is 0 Å². The Morgan fingerprint density at radius 1 is 1.46 bits per heavy atom. The lowest BCUT2D eigenvalue weighted by molar-refractivity contribution is -0.117. The second-order valence-corrected chi connectivity index (χ2v) is 7.45. The number of halogens is 1. The number of fused-ring (bicyclic) bond motifs is 1. The first-order valence-electron chi connectivity index (χ1n) is 7.54. The summed E-state index contributed by atoms with van der Waals surface area (Å²) in [6.07, 6.45) is 1.55. The van der Waals surface area contributed by atoms with Crippen molar-refractivity contribution < 1.29 is 27.8 Å². The smallest absolute Gasteiger partial charge is 0.326 e. The van der Waals surface area contributed by atoms with Crippen LogP contribution in [0.2, 0.25) is 0 Å². The van der Waals surface area contributed by atoms with Crippen molar-refractivity contribution in [1.82, 2.24) is 10.0 Å². The number of hydrogen-bond donors (Lipinski definition) is 4. The molecule has 0 bridgehead atoms. The largest absolute Gasteiger partial charge is 0.506 e. The first-order valence-corrected chi connectivity index (χ1v) is 8.98. The summed E-state index contributed by atoms with van der Waals surface area (Å²) < 4.78 is 41.1. The molecule has 1 heterocycles. The first-order chi connectivity index (χ1) is 11.3. The summed E-state index contributed by atoms with van der Waals surface area (Å²) in [7, 11) is -4.20. The molecule has 132 valence electrons. The van der Waals surface area contributed by atoms with Gasteiger partial charge in [-0.05, 0) is 36.5 Å². The monoisotopic (exact) mass is 359 g/mol. The molecular formula is C14H18FN3O5S. The Balaban J connectivity index is 2.00. The van der Waals surface area contributed by atoms with Crippen LogP contribution in [0, 0.1) is 5.82 Å². The van der Waals surface area contributed by atoms with Gasteiger partial charge in [0.15, 0.2) is 5.82 Å². The number of aliphatic hydroxyl groups is 1. The number of nitrogens with zero attached hydrogens (tertiary/aromatic N) is 1. The number of carbonyl (C=O) groups is 1. The molecule has 4 N–H and O–H groups in total. The molecule has 24 heavy (non-hydrogen) atoms. The van der Waals surface area contributed by atoms with E-state index in [-0.39, 0.29) is 12.6 Å². The minimum absolute atomic E-state index is 0.0352. The van der Waals surface area contributed by atoms with Crippen molar-refractivity contribution in [2.75, 3.05) is 24.0 Å². The third-order valence-corrected chi connectivity index (χ3v) is 5.62. The highest BCUT2D eigenvalue weighted by molar-refractivity contribution is 7.92. The summed E-state index contributed by atoms with van der Waals surface area (Å²) >= 11 is 0. The number of phenolic OH excluding ortho intramolecular Hbond substituents is 1. The molecule has 0 spiro atoms. The van der Waals surface area contributed by atoms with Gasteiger partial charge in [-0.15, -0.1) is 0 Å². The Bertz CT molecular complexity index is 783. The normalized spacial score (nSPS) is 22.3. The van der Waals surface area contributed by atoms with Gasteiger partial charge in [0.25, 0.3) is 5.91 Å². The molecular weight excluding hydrogens is 341 g/mol. The lowest BCUT2D eigenvalue weighted by Crippen LogP contribution is -2.37. The molecule has 8 nitrogen and oxygen atoms in total. The minimum Gasteiger partial charge on any atom is -0.506 e. The summed E-state index contributed by atoms with van der Waals surface area (Å²) in [5.41, 5.74) is 0.431. The zero-order chi connectivity index (χ0) is 17.5. The van der Waals surface area contributed by atoms with Gasteiger partial charge in [-0.3, -0.25) is 4.79 Å². The van der Waals surface area contributed by atoms with Crippen molar-refractivity contribution in [2.24, 2.45) is 0 Å². The Kier molecular flexibility index (Phi) is 4.37. The molecule has 0 radical (unpaired) electrons. The van der Waals surface area contributed by atoms with Crippen LogP contribution in [0.5, 0.6) is 5.75 Å². The van der Waals surface area contributed by atoms with Crippen molar-refractivity contribution in [3.63, 3.8) is 0 Å². The highest BCUT2D eigenvalue weighted by atomic mass is 32.2. The summed E-state index contributed by atoms with van der Waals surface area (Å²) in [5.74, 6) is -2.12. The minimum atomic E-state index is -4.20. The number of anilines is 1. The van der Waals surface area contributed by atoms with E-state index in [4.69, 9.17) is 5.11 Å². The molecule has 2 aliphatic rings. The highest BCUT2D eigenvalue weighted by Crippen LogP contribution is 2.39. The fraction of sp³-hybridized carbons (Fsp3) is 0.500. The predicted octanol–water partition coefficient (Wildman–Crippen LogP) is -0.849. The van der Waals surface area contributed by atoms with Gasteiger partial charge in [-0.25, -0.2) is 13.4 Å². The number of aryl methyl sites for hydroxylation is 1. The molecule has 1 unspecified atom stereocenters. The van der Waals surface area contributed by atoms with Gasteiger partial charge >= 0.3 is 10.2 Å². The Morgan fingerprint density at radius 2 is 2.21 bits per heavy atom. The number of phenols is 1. The lowest BCUT2D eigenvalue weighted by Gasteiger charge is -2.28. The van der Waals surface area contributed by atoms with E-state index in [2.05, 4.69) is 5.32 Å². The standard InChI is InChI=1S/C14H18FN3O5S/c15-13-10-6-9(16-3-4-19)2-1-8(10)5-11(20)14(13)18-7-12(21)17-24(18,22)23/h5,9,16,19-20H,1-4,6-7H2,(H,17,21). The maximum absolute atomic E-state index is 15.0. The van der Waals surface area contributed by atoms with Crippen LogP contribution < -0.4 is 14.3 Å². The summed E-state index contributed by atoms with van der Waals surface area (Å²) in [5, 5.41) is 22.1. The summed E-state index contributed by atoms with van der Waals surface area (Å²) in [4.78, 5) is 11.4. The number of aliphatic hydroxyl groups excluding tert-OH is 1. The van der Waals surface area contributed by atoms with Gasteiger partial charge in [-0.1, -0.05) is 0 Å². The quantitative estimate of drug-likeness (QED) is 0.556. The SMILES string of the molecule is O=C1CN(c2c(O)cc3c(c2F)CC(NCCO)CC3)S(=O)(=O)N1. The van der Waals surface area contributed by atoms with E-state index in [9.17, 15) is 22.7 Å². The van der Waals surface area contributed by atoms with Crippen LogP contribution >= 0.6 is 0 Å². The number of benzene rings is 1. The molecule has 1 saturated heterocycles. The van der Waals surface area contributed by atoms with Gasteiger partial charge in [0.1, 0.15) is 18.0 Å². The van der Waals surface area contributed by atoms with E-state index in [0.29, 0.717) is 41.2 Å². The molecule has 1 aromatic carbocycles. The third kappa shape index (κ3) is 2.92. The highest BCUT2D eigenvalue weighted by Gasteiger charge is 2.39. The predicted molar refractivity (Wildman–Crippen MR) is 83.4 cm³/mol. The fourth-order valence-corrected chi connectivity index (χ4v) is 4.33. The number of amides is 1. The van der Waals surface area contributed by atoms with Crippen LogP contribution in [-0.2, 0) is 27.8 Å². The Hall–Kier alpha value is -1.91. The van der Waals surface area contributed by atoms with Crippen LogP contribution in [0.15, 0.2) is 6.07 Å². The summed E-state index contributed by atoms with van der Waals surface area (Å²) in [6, 6.07) is 1.31. The molecule has 1 aliphatic carbocycles. The molecule has 0 saturated carbocycles. The van der Waals surface area contributed by atoms with E-state index in [0.717, 1.165) is 0 Å². The molecule has 3 rings (SSSR count). The van der Waals surface area contributed by atoms with E-state index < -0.39 is 39.9 Å². The average Bonchev–Trinajstić information content (AvgIpc) is 2.78. The Labute approximate surface area is 138 Å². The van der Waals surface area contributed by atoms with Gasteiger partial charge in [0, 0.05) is 12.6 Å². The van der Waals surface area contributed by atoms with Crippen molar-refractivity contribution in [3.05, 3.63) is 23.0 Å². The van der Waals surface area contributed by atoms with E-state index in [1.807, 2.05) is 0 Å². The van der Waals surface area contributed by atoms with Crippen LogP contribution in [0.4, 0.5) is 10.1 Å². The molecule has 1 aliphatic heterocycles.